The van der Waals surface area contributed by atoms with Crippen molar-refractivity contribution in [2.45, 2.75) is 18.6 Å². The maximum absolute atomic E-state index is 13.2. The van der Waals surface area contributed by atoms with Crippen LogP contribution >= 0.6 is 11.8 Å². The summed E-state index contributed by atoms with van der Waals surface area (Å²) in [4.78, 5) is 12.6. The molecule has 0 saturated carbocycles. The van der Waals surface area contributed by atoms with Crippen molar-refractivity contribution in [1.29, 1.82) is 0 Å². The van der Waals surface area contributed by atoms with Crippen LogP contribution in [0, 0.1) is 12.7 Å². The Bertz CT molecular complexity index is 1260. The average Bonchev–Trinajstić information content (AvgIpc) is 3.26. The molecule has 3 aromatic carbocycles. The maximum Gasteiger partial charge on any atom is 0.234 e. The third-order valence-electron chi connectivity index (χ3n) is 5.00. The number of carbonyl (C=O) groups is 1. The molecule has 0 radical (unpaired) electrons. The van der Waals surface area contributed by atoms with Crippen molar-refractivity contribution in [2.24, 2.45) is 0 Å². The van der Waals surface area contributed by atoms with Crippen molar-refractivity contribution < 1.29 is 13.9 Å². The fourth-order valence-corrected chi connectivity index (χ4v) is 4.05. The SMILES string of the molecule is COc1ccccc1NC(=O)CSc1nnc(CNc2ccc(F)cc2)n1-c1ccc(C)cc1. The predicted octanol–water partition coefficient (Wildman–Crippen LogP) is 5.07. The number of methoxy groups -OCH3 is 1. The minimum Gasteiger partial charge on any atom is -0.495 e. The molecule has 1 amide bonds. The van der Waals surface area contributed by atoms with E-state index < -0.39 is 0 Å². The summed E-state index contributed by atoms with van der Waals surface area (Å²) in [5.74, 6) is 0.934. The topological polar surface area (TPSA) is 81.1 Å². The molecule has 4 rings (SSSR count). The fourth-order valence-electron chi connectivity index (χ4n) is 3.27. The highest BCUT2D eigenvalue weighted by atomic mass is 32.2. The minimum absolute atomic E-state index is 0.146. The molecule has 0 fully saturated rings. The van der Waals surface area contributed by atoms with E-state index in [1.165, 1.54) is 23.9 Å². The molecule has 1 heterocycles. The summed E-state index contributed by atoms with van der Waals surface area (Å²) in [7, 11) is 1.56. The van der Waals surface area contributed by atoms with E-state index in [1.54, 1.807) is 31.4 Å². The van der Waals surface area contributed by atoms with E-state index in [-0.39, 0.29) is 17.5 Å². The van der Waals surface area contributed by atoms with Crippen molar-refractivity contribution in [3.63, 3.8) is 0 Å². The predicted molar refractivity (Wildman–Crippen MR) is 132 cm³/mol. The third kappa shape index (κ3) is 5.74. The van der Waals surface area contributed by atoms with Crippen LogP contribution in [0.1, 0.15) is 11.4 Å². The number of anilines is 2. The van der Waals surface area contributed by atoms with Crippen LogP contribution in [0.5, 0.6) is 5.75 Å². The number of carbonyl (C=O) groups excluding carboxylic acids is 1. The van der Waals surface area contributed by atoms with Gasteiger partial charge in [0, 0.05) is 11.4 Å². The highest BCUT2D eigenvalue weighted by molar-refractivity contribution is 7.99. The number of aryl methyl sites for hydroxylation is 1. The highest BCUT2D eigenvalue weighted by Crippen LogP contribution is 2.26. The highest BCUT2D eigenvalue weighted by Gasteiger charge is 2.16. The molecule has 7 nitrogen and oxygen atoms in total. The quantitative estimate of drug-likeness (QED) is 0.328. The Morgan fingerprint density at radius 2 is 1.76 bits per heavy atom. The second kappa shape index (κ2) is 10.8. The Morgan fingerprint density at radius 1 is 1.03 bits per heavy atom. The van der Waals surface area contributed by atoms with Crippen LogP contribution in [-0.4, -0.2) is 33.5 Å². The number of hydrogen-bond acceptors (Lipinski definition) is 6. The third-order valence-corrected chi connectivity index (χ3v) is 5.93. The Labute approximate surface area is 201 Å². The molecule has 0 atom stereocenters. The molecule has 0 unspecified atom stereocenters. The van der Waals surface area contributed by atoms with Crippen LogP contribution in [0.3, 0.4) is 0 Å². The van der Waals surface area contributed by atoms with Gasteiger partial charge in [0.1, 0.15) is 11.6 Å². The van der Waals surface area contributed by atoms with Crippen LogP contribution in [0.2, 0.25) is 0 Å². The number of halogens is 1. The van der Waals surface area contributed by atoms with E-state index in [9.17, 15) is 9.18 Å². The Morgan fingerprint density at radius 3 is 2.50 bits per heavy atom. The number of amides is 1. The number of hydrogen-bond donors (Lipinski definition) is 2. The van der Waals surface area contributed by atoms with Gasteiger partial charge in [-0.1, -0.05) is 41.6 Å². The molecule has 1 aromatic heterocycles. The van der Waals surface area contributed by atoms with E-state index >= 15 is 0 Å². The lowest BCUT2D eigenvalue weighted by molar-refractivity contribution is -0.113. The van der Waals surface area contributed by atoms with Gasteiger partial charge in [-0.15, -0.1) is 10.2 Å². The summed E-state index contributed by atoms with van der Waals surface area (Å²) in [6, 6.07) is 21.4. The summed E-state index contributed by atoms with van der Waals surface area (Å²) in [5.41, 5.74) is 3.40. The first-order chi connectivity index (χ1) is 16.5. The largest absolute Gasteiger partial charge is 0.495 e. The first-order valence-electron chi connectivity index (χ1n) is 10.6. The van der Waals surface area contributed by atoms with E-state index in [0.717, 1.165) is 16.9 Å². The number of aromatic nitrogens is 3. The molecular weight excluding hydrogens is 453 g/mol. The molecule has 0 aliphatic heterocycles. The molecule has 0 aliphatic carbocycles. The van der Waals surface area contributed by atoms with Gasteiger partial charge in [0.25, 0.3) is 0 Å². The van der Waals surface area contributed by atoms with Crippen LogP contribution in [0.4, 0.5) is 15.8 Å². The van der Waals surface area contributed by atoms with E-state index in [2.05, 4.69) is 20.8 Å². The zero-order valence-electron chi connectivity index (χ0n) is 18.8. The van der Waals surface area contributed by atoms with Crippen LogP contribution in [-0.2, 0) is 11.3 Å². The standard InChI is InChI=1S/C25H24FN5O2S/c1-17-7-13-20(14-8-17)31-23(15-27-19-11-9-18(26)10-12-19)29-30-25(31)34-16-24(32)28-21-5-3-4-6-22(21)33-2/h3-14,27H,15-16H2,1-2H3,(H,28,32). The molecule has 0 spiro atoms. The molecule has 34 heavy (non-hydrogen) atoms. The lowest BCUT2D eigenvalue weighted by atomic mass is 10.2. The summed E-state index contributed by atoms with van der Waals surface area (Å²) in [5, 5.41) is 15.4. The summed E-state index contributed by atoms with van der Waals surface area (Å²) >= 11 is 1.29. The zero-order chi connectivity index (χ0) is 23.9. The van der Waals surface area contributed by atoms with Gasteiger partial charge in [-0.3, -0.25) is 9.36 Å². The molecule has 0 bridgehead atoms. The van der Waals surface area contributed by atoms with Gasteiger partial charge in [-0.25, -0.2) is 4.39 Å². The molecule has 2 N–H and O–H groups in total. The van der Waals surface area contributed by atoms with Crippen LogP contribution in [0.15, 0.2) is 78.0 Å². The van der Waals surface area contributed by atoms with Gasteiger partial charge >= 0.3 is 0 Å². The normalized spacial score (nSPS) is 10.7. The Kier molecular flexibility index (Phi) is 7.44. The summed E-state index contributed by atoms with van der Waals surface area (Å²) in [6.07, 6.45) is 0. The number of rotatable bonds is 9. The number of benzene rings is 3. The molecule has 174 valence electrons. The van der Waals surface area contributed by atoms with E-state index in [4.69, 9.17) is 4.74 Å². The fraction of sp³-hybridized carbons (Fsp3) is 0.160. The van der Waals surface area contributed by atoms with Gasteiger partial charge in [0.15, 0.2) is 11.0 Å². The smallest absolute Gasteiger partial charge is 0.234 e. The van der Waals surface area contributed by atoms with E-state index in [1.807, 2.05) is 47.9 Å². The first kappa shape index (κ1) is 23.3. The second-order valence-corrected chi connectivity index (χ2v) is 8.41. The van der Waals surface area contributed by atoms with Crippen molar-refractivity contribution in [1.82, 2.24) is 14.8 Å². The minimum atomic E-state index is -0.293. The maximum atomic E-state index is 13.2. The van der Waals surface area contributed by atoms with Crippen LogP contribution in [0.25, 0.3) is 5.69 Å². The number of para-hydroxylation sites is 2. The lowest BCUT2D eigenvalue weighted by Gasteiger charge is -2.12. The van der Waals surface area contributed by atoms with Gasteiger partial charge < -0.3 is 15.4 Å². The van der Waals surface area contributed by atoms with Gasteiger partial charge in [-0.2, -0.15) is 0 Å². The Balaban J connectivity index is 1.51. The van der Waals surface area contributed by atoms with Crippen molar-refractivity contribution in [3.8, 4) is 11.4 Å². The molecule has 0 aliphatic rings. The Hall–Kier alpha value is -3.85. The molecule has 0 saturated heterocycles. The van der Waals surface area contributed by atoms with Crippen molar-refractivity contribution in [3.05, 3.63) is 90.0 Å². The molecule has 9 heteroatoms. The van der Waals surface area contributed by atoms with Crippen molar-refractivity contribution >= 4 is 29.0 Å². The summed E-state index contributed by atoms with van der Waals surface area (Å²) in [6.45, 7) is 2.39. The monoisotopic (exact) mass is 477 g/mol. The zero-order valence-corrected chi connectivity index (χ0v) is 19.6. The van der Waals surface area contributed by atoms with Gasteiger partial charge in [0.05, 0.1) is 25.1 Å². The number of nitrogens with one attached hydrogen (secondary N) is 2. The van der Waals surface area contributed by atoms with Crippen molar-refractivity contribution in [2.75, 3.05) is 23.5 Å². The summed E-state index contributed by atoms with van der Waals surface area (Å²) < 4.78 is 20.4. The number of thioether (sulfide) groups is 1. The second-order valence-electron chi connectivity index (χ2n) is 7.47. The lowest BCUT2D eigenvalue weighted by Crippen LogP contribution is -2.15. The molecular formula is C25H24FN5O2S. The number of nitrogens with zero attached hydrogens (tertiary/aromatic N) is 3. The average molecular weight is 478 g/mol. The number of ether oxygens (including phenoxy) is 1. The van der Waals surface area contributed by atoms with E-state index in [0.29, 0.717) is 29.0 Å². The first-order valence-corrected chi connectivity index (χ1v) is 11.6. The van der Waals surface area contributed by atoms with Gasteiger partial charge in [0.2, 0.25) is 5.91 Å². The van der Waals surface area contributed by atoms with Gasteiger partial charge in [-0.05, 0) is 55.5 Å². The molecule has 4 aromatic rings. The van der Waals surface area contributed by atoms with Crippen LogP contribution < -0.4 is 15.4 Å².